The highest BCUT2D eigenvalue weighted by Crippen LogP contribution is 2.32. The monoisotopic (exact) mass is 407 g/mol. The van der Waals surface area contributed by atoms with Gasteiger partial charge in [0.1, 0.15) is 13.1 Å². The highest BCUT2D eigenvalue weighted by Gasteiger charge is 2.35. The number of carbonyl (C=O) groups excluding carboxylic acids is 4. The number of hydrogen-bond acceptors (Lipinski definition) is 5. The van der Waals surface area contributed by atoms with Crippen molar-refractivity contribution in [1.82, 2.24) is 9.80 Å². The lowest BCUT2D eigenvalue weighted by molar-refractivity contribution is -0.149. The van der Waals surface area contributed by atoms with Crippen LogP contribution >= 0.6 is 34.8 Å². The van der Waals surface area contributed by atoms with Gasteiger partial charge in [0.2, 0.25) is 0 Å². The smallest absolute Gasteiger partial charge is 0.327 e. The minimum atomic E-state index is -0.896. The molecule has 4 amide bonds. The number of rotatable bonds is 5. The van der Waals surface area contributed by atoms with Gasteiger partial charge in [0.15, 0.2) is 6.61 Å². The van der Waals surface area contributed by atoms with Crippen molar-refractivity contribution in [3.63, 3.8) is 0 Å². The maximum Gasteiger partial charge on any atom is 0.327 e. The Kier molecular flexibility index (Phi) is 6.10. The number of likely N-dealkylation sites (N-methyl/N-ethyl adjacent to an activating group) is 1. The number of esters is 1. The molecule has 0 atom stereocenters. The third kappa shape index (κ3) is 4.75. The van der Waals surface area contributed by atoms with Crippen LogP contribution in [0.3, 0.4) is 0 Å². The zero-order valence-corrected chi connectivity index (χ0v) is 15.1. The third-order valence-corrected chi connectivity index (χ3v) is 4.20. The van der Waals surface area contributed by atoms with E-state index in [9.17, 15) is 19.2 Å². The van der Waals surface area contributed by atoms with E-state index in [1.54, 1.807) is 0 Å². The number of hydrogen-bond donors (Lipinski definition) is 1. The number of amides is 4. The Labute approximate surface area is 157 Å². The molecular weight excluding hydrogens is 397 g/mol. The summed E-state index contributed by atoms with van der Waals surface area (Å²) >= 11 is 17.5. The number of ether oxygens (including phenoxy) is 1. The lowest BCUT2D eigenvalue weighted by atomic mass is 10.3. The van der Waals surface area contributed by atoms with Gasteiger partial charge >= 0.3 is 12.0 Å². The van der Waals surface area contributed by atoms with Gasteiger partial charge in [0, 0.05) is 7.05 Å². The molecule has 1 aliphatic rings. The first-order valence-electron chi connectivity index (χ1n) is 6.84. The van der Waals surface area contributed by atoms with Crippen molar-refractivity contribution in [1.29, 1.82) is 0 Å². The highest BCUT2D eigenvalue weighted by molar-refractivity contribution is 6.44. The third-order valence-electron chi connectivity index (χ3n) is 3.17. The second kappa shape index (κ2) is 7.90. The fourth-order valence-corrected chi connectivity index (χ4v) is 2.54. The Hall–Kier alpha value is -2.03. The molecule has 1 heterocycles. The number of nitrogens with zero attached hydrogens (tertiary/aromatic N) is 2. The molecule has 1 fully saturated rings. The molecule has 0 radical (unpaired) electrons. The molecule has 8 nitrogen and oxygen atoms in total. The molecule has 2 rings (SSSR count). The number of urea groups is 1. The van der Waals surface area contributed by atoms with Crippen LogP contribution in [0, 0.1) is 0 Å². The van der Waals surface area contributed by atoms with E-state index in [4.69, 9.17) is 39.5 Å². The second-order valence-electron chi connectivity index (χ2n) is 5.07. The van der Waals surface area contributed by atoms with Gasteiger partial charge in [0.05, 0.1) is 20.8 Å². The topological polar surface area (TPSA) is 96.0 Å². The minimum absolute atomic E-state index is 0.109. The molecule has 25 heavy (non-hydrogen) atoms. The van der Waals surface area contributed by atoms with Crippen molar-refractivity contribution in [3.8, 4) is 0 Å². The predicted octanol–water partition coefficient (Wildman–Crippen LogP) is 2.02. The normalized spacial score (nSPS) is 14.1. The Bertz CT molecular complexity index is 755. The standard InChI is InChI=1S/C14H12Cl3N3O5/c1-19-4-12(22)20(14(19)24)5-13(23)25-6-11(21)18-10-3-8(16)7(15)2-9(10)17/h2-3H,4-6H2,1H3,(H,18,21). The summed E-state index contributed by atoms with van der Waals surface area (Å²) in [5.41, 5.74) is 0.198. The fourth-order valence-electron chi connectivity index (χ4n) is 1.95. The summed E-state index contributed by atoms with van der Waals surface area (Å²) in [5, 5.41) is 2.97. The van der Waals surface area contributed by atoms with Gasteiger partial charge in [-0.2, -0.15) is 0 Å². The number of halogens is 3. The summed E-state index contributed by atoms with van der Waals surface area (Å²) in [6, 6.07) is 2.10. The lowest BCUT2D eigenvalue weighted by Gasteiger charge is -2.13. The van der Waals surface area contributed by atoms with E-state index in [0.29, 0.717) is 0 Å². The van der Waals surface area contributed by atoms with Gasteiger partial charge in [-0.1, -0.05) is 34.8 Å². The fraction of sp³-hybridized carbons (Fsp3) is 0.286. The van der Waals surface area contributed by atoms with Crippen LogP contribution in [-0.2, 0) is 19.1 Å². The maximum atomic E-state index is 11.8. The second-order valence-corrected chi connectivity index (χ2v) is 6.30. The zero-order chi connectivity index (χ0) is 18.7. The minimum Gasteiger partial charge on any atom is -0.454 e. The van der Waals surface area contributed by atoms with Crippen LogP contribution < -0.4 is 5.32 Å². The molecule has 1 aromatic carbocycles. The van der Waals surface area contributed by atoms with Gasteiger partial charge in [-0.05, 0) is 12.1 Å². The molecule has 0 aliphatic carbocycles. The highest BCUT2D eigenvalue weighted by atomic mass is 35.5. The molecule has 1 saturated heterocycles. The number of anilines is 1. The van der Waals surface area contributed by atoms with Gasteiger partial charge < -0.3 is 15.0 Å². The molecule has 0 aromatic heterocycles. The molecule has 0 spiro atoms. The Balaban J connectivity index is 1.86. The van der Waals surface area contributed by atoms with Crippen molar-refractivity contribution in [2.75, 3.05) is 32.1 Å². The van der Waals surface area contributed by atoms with Crippen LogP contribution in [-0.4, -0.2) is 60.4 Å². The van der Waals surface area contributed by atoms with E-state index in [1.165, 1.54) is 19.2 Å². The van der Waals surface area contributed by atoms with E-state index in [0.717, 1.165) is 9.80 Å². The number of carbonyl (C=O) groups is 4. The lowest BCUT2D eigenvalue weighted by Crippen LogP contribution is -2.37. The van der Waals surface area contributed by atoms with E-state index < -0.39 is 37.0 Å². The maximum absolute atomic E-state index is 11.8. The van der Waals surface area contributed by atoms with Crippen molar-refractivity contribution >= 4 is 64.3 Å². The molecular formula is C14H12Cl3N3O5. The molecule has 1 aliphatic heterocycles. The number of imide groups is 1. The van der Waals surface area contributed by atoms with Crippen molar-refractivity contribution < 1.29 is 23.9 Å². The van der Waals surface area contributed by atoms with Crippen LogP contribution in [0.4, 0.5) is 10.5 Å². The quantitative estimate of drug-likeness (QED) is 0.457. The zero-order valence-electron chi connectivity index (χ0n) is 12.8. The van der Waals surface area contributed by atoms with Gasteiger partial charge in [-0.15, -0.1) is 0 Å². The Morgan fingerprint density at radius 3 is 2.40 bits per heavy atom. The first-order valence-corrected chi connectivity index (χ1v) is 7.98. The van der Waals surface area contributed by atoms with Crippen LogP contribution in [0.5, 0.6) is 0 Å². The molecule has 0 unspecified atom stereocenters. The SMILES string of the molecule is CN1CC(=O)N(CC(=O)OCC(=O)Nc2cc(Cl)c(Cl)cc2Cl)C1=O. The first kappa shape index (κ1) is 19.3. The largest absolute Gasteiger partial charge is 0.454 e. The molecule has 0 bridgehead atoms. The van der Waals surface area contributed by atoms with Crippen molar-refractivity contribution in [2.24, 2.45) is 0 Å². The van der Waals surface area contributed by atoms with E-state index >= 15 is 0 Å². The van der Waals surface area contributed by atoms with E-state index in [-0.39, 0.29) is 27.3 Å². The van der Waals surface area contributed by atoms with Crippen molar-refractivity contribution in [2.45, 2.75) is 0 Å². The summed E-state index contributed by atoms with van der Waals surface area (Å²) in [5.74, 6) is -2.09. The molecule has 1 N–H and O–H groups in total. The Morgan fingerprint density at radius 2 is 1.80 bits per heavy atom. The van der Waals surface area contributed by atoms with Crippen LogP contribution in [0.15, 0.2) is 12.1 Å². The van der Waals surface area contributed by atoms with Gasteiger partial charge in [-0.25, -0.2) is 4.79 Å². The molecule has 1 aromatic rings. The number of benzene rings is 1. The van der Waals surface area contributed by atoms with Gasteiger partial charge in [0.25, 0.3) is 11.8 Å². The molecule has 134 valence electrons. The summed E-state index contributed by atoms with van der Waals surface area (Å²) in [4.78, 5) is 48.6. The van der Waals surface area contributed by atoms with Gasteiger partial charge in [-0.3, -0.25) is 19.3 Å². The van der Waals surface area contributed by atoms with Crippen LogP contribution in [0.25, 0.3) is 0 Å². The Morgan fingerprint density at radius 1 is 1.16 bits per heavy atom. The van der Waals surface area contributed by atoms with Crippen LogP contribution in [0.1, 0.15) is 0 Å². The predicted molar refractivity (Wildman–Crippen MR) is 90.8 cm³/mol. The van der Waals surface area contributed by atoms with Crippen LogP contribution in [0.2, 0.25) is 15.1 Å². The van der Waals surface area contributed by atoms with E-state index in [1.807, 2.05) is 0 Å². The molecule has 11 heteroatoms. The number of nitrogens with one attached hydrogen (secondary N) is 1. The summed E-state index contributed by atoms with van der Waals surface area (Å²) in [7, 11) is 1.43. The van der Waals surface area contributed by atoms with E-state index in [2.05, 4.69) is 5.32 Å². The average Bonchev–Trinajstić information content (AvgIpc) is 2.77. The first-order chi connectivity index (χ1) is 11.7. The van der Waals surface area contributed by atoms with Crippen molar-refractivity contribution in [3.05, 3.63) is 27.2 Å². The summed E-state index contributed by atoms with van der Waals surface area (Å²) in [6.45, 7) is -1.30. The summed E-state index contributed by atoms with van der Waals surface area (Å²) in [6.07, 6.45) is 0. The molecule has 0 saturated carbocycles. The average molecular weight is 409 g/mol. The summed E-state index contributed by atoms with van der Waals surface area (Å²) < 4.78 is 4.75.